The Balaban J connectivity index is 1.71. The largest absolute Gasteiger partial charge is 0.336 e. The zero-order valence-corrected chi connectivity index (χ0v) is 17.6. The molecule has 0 bridgehead atoms. The van der Waals surface area contributed by atoms with Gasteiger partial charge in [0.05, 0.1) is 31.8 Å². The minimum atomic E-state index is -1.48. The van der Waals surface area contributed by atoms with Gasteiger partial charge >= 0.3 is 0 Å². The van der Waals surface area contributed by atoms with E-state index in [4.69, 9.17) is 0 Å². The van der Waals surface area contributed by atoms with Gasteiger partial charge in [-0.05, 0) is 43.8 Å². The van der Waals surface area contributed by atoms with Crippen LogP contribution in [0.5, 0.6) is 0 Å². The van der Waals surface area contributed by atoms with Gasteiger partial charge in [-0.3, -0.25) is 9.59 Å². The summed E-state index contributed by atoms with van der Waals surface area (Å²) < 4.78 is 13.2. The van der Waals surface area contributed by atoms with Crippen molar-refractivity contribution in [2.24, 2.45) is 0 Å². The first-order valence-electron chi connectivity index (χ1n) is 10.0. The van der Waals surface area contributed by atoms with Crippen LogP contribution in [0, 0.1) is 0 Å². The lowest BCUT2D eigenvalue weighted by Gasteiger charge is -2.34. The SMILES string of the molecule is CCN1CCN(C(=O)c2ccc3c(c2)N(CC)C(=O)c2ccccc2S3=O)CC1. The summed E-state index contributed by atoms with van der Waals surface area (Å²) >= 11 is 0. The summed E-state index contributed by atoms with van der Waals surface area (Å²) in [7, 11) is -1.48. The van der Waals surface area contributed by atoms with Crippen LogP contribution in [0.4, 0.5) is 5.69 Å². The number of amides is 2. The number of carbonyl (C=O) groups is 2. The van der Waals surface area contributed by atoms with E-state index in [9.17, 15) is 13.8 Å². The van der Waals surface area contributed by atoms with Gasteiger partial charge in [0.25, 0.3) is 11.8 Å². The lowest BCUT2D eigenvalue weighted by Crippen LogP contribution is -2.48. The van der Waals surface area contributed by atoms with Crippen LogP contribution >= 0.6 is 0 Å². The van der Waals surface area contributed by atoms with Crippen LogP contribution in [-0.2, 0) is 10.8 Å². The monoisotopic (exact) mass is 411 g/mol. The van der Waals surface area contributed by atoms with Gasteiger partial charge in [-0.2, -0.15) is 0 Å². The predicted octanol–water partition coefficient (Wildman–Crippen LogP) is 2.61. The van der Waals surface area contributed by atoms with Crippen molar-refractivity contribution in [3.63, 3.8) is 0 Å². The Morgan fingerprint density at radius 3 is 2.38 bits per heavy atom. The molecule has 2 aromatic carbocycles. The Labute approximate surface area is 173 Å². The van der Waals surface area contributed by atoms with Gasteiger partial charge in [-0.15, -0.1) is 0 Å². The minimum absolute atomic E-state index is 0.0420. The number of hydrogen-bond acceptors (Lipinski definition) is 4. The maximum Gasteiger partial charge on any atom is 0.259 e. The molecule has 0 aromatic heterocycles. The number of piperazine rings is 1. The second-order valence-corrected chi connectivity index (χ2v) is 8.64. The zero-order valence-electron chi connectivity index (χ0n) is 16.8. The fraction of sp³-hybridized carbons (Fsp3) is 0.364. The first-order chi connectivity index (χ1) is 14.0. The van der Waals surface area contributed by atoms with Gasteiger partial charge in [0, 0.05) is 38.3 Å². The Morgan fingerprint density at radius 2 is 1.69 bits per heavy atom. The molecule has 2 aromatic rings. The van der Waals surface area contributed by atoms with Crippen molar-refractivity contribution >= 4 is 28.3 Å². The number of rotatable bonds is 3. The van der Waals surface area contributed by atoms with E-state index in [2.05, 4.69) is 11.8 Å². The third-order valence-electron chi connectivity index (χ3n) is 5.68. The maximum atomic E-state index is 13.2. The van der Waals surface area contributed by atoms with E-state index in [-0.39, 0.29) is 11.8 Å². The number of benzene rings is 2. The van der Waals surface area contributed by atoms with Crippen LogP contribution in [0.1, 0.15) is 34.6 Å². The molecule has 1 unspecified atom stereocenters. The van der Waals surface area contributed by atoms with E-state index in [1.54, 1.807) is 47.4 Å². The molecule has 2 amide bonds. The number of anilines is 1. The third-order valence-corrected chi connectivity index (χ3v) is 7.18. The Kier molecular flexibility index (Phi) is 5.52. The van der Waals surface area contributed by atoms with Crippen molar-refractivity contribution in [3.05, 3.63) is 53.6 Å². The van der Waals surface area contributed by atoms with Crippen LogP contribution in [0.15, 0.2) is 52.3 Å². The number of carbonyl (C=O) groups excluding carboxylic acids is 2. The molecule has 0 spiro atoms. The lowest BCUT2D eigenvalue weighted by molar-refractivity contribution is 0.0643. The molecule has 7 heteroatoms. The summed E-state index contributed by atoms with van der Waals surface area (Å²) in [5, 5.41) is 0. The van der Waals surface area contributed by atoms with E-state index in [0.29, 0.717) is 46.2 Å². The van der Waals surface area contributed by atoms with Crippen LogP contribution in [0.25, 0.3) is 0 Å². The average Bonchev–Trinajstić information content (AvgIpc) is 2.86. The molecule has 2 heterocycles. The molecule has 1 atom stereocenters. The lowest BCUT2D eigenvalue weighted by atomic mass is 10.1. The summed E-state index contributed by atoms with van der Waals surface area (Å²) in [6.07, 6.45) is 0. The highest BCUT2D eigenvalue weighted by atomic mass is 32.2. The molecule has 1 fully saturated rings. The Bertz CT molecular complexity index is 983. The molecule has 0 aliphatic carbocycles. The van der Waals surface area contributed by atoms with E-state index >= 15 is 0 Å². The quantitative estimate of drug-likeness (QED) is 0.779. The van der Waals surface area contributed by atoms with Gasteiger partial charge in [-0.25, -0.2) is 4.21 Å². The summed E-state index contributed by atoms with van der Waals surface area (Å²) in [6, 6.07) is 12.2. The average molecular weight is 412 g/mol. The number of likely N-dealkylation sites (N-methyl/N-ethyl adjacent to an activating group) is 1. The number of nitrogens with zero attached hydrogens (tertiary/aromatic N) is 3. The van der Waals surface area contributed by atoms with Crippen LogP contribution < -0.4 is 4.90 Å². The van der Waals surface area contributed by atoms with Crippen molar-refractivity contribution in [2.75, 3.05) is 44.2 Å². The normalized spacial score (nSPS) is 19.5. The number of hydrogen-bond donors (Lipinski definition) is 0. The van der Waals surface area contributed by atoms with Gasteiger partial charge in [0.15, 0.2) is 0 Å². The van der Waals surface area contributed by atoms with Crippen molar-refractivity contribution in [3.8, 4) is 0 Å². The molecule has 2 aliphatic rings. The smallest absolute Gasteiger partial charge is 0.259 e. The predicted molar refractivity (Wildman–Crippen MR) is 113 cm³/mol. The fourth-order valence-corrected chi connectivity index (χ4v) is 5.30. The highest BCUT2D eigenvalue weighted by molar-refractivity contribution is 7.85. The highest BCUT2D eigenvalue weighted by Gasteiger charge is 2.31. The molecule has 0 saturated carbocycles. The highest BCUT2D eigenvalue weighted by Crippen LogP contribution is 2.35. The van der Waals surface area contributed by atoms with E-state index in [1.807, 2.05) is 11.8 Å². The molecule has 152 valence electrons. The van der Waals surface area contributed by atoms with Gasteiger partial charge in [0.1, 0.15) is 0 Å². The van der Waals surface area contributed by atoms with Crippen molar-refractivity contribution in [2.45, 2.75) is 23.6 Å². The van der Waals surface area contributed by atoms with Gasteiger partial charge in [-0.1, -0.05) is 19.1 Å². The van der Waals surface area contributed by atoms with Crippen LogP contribution in [0.2, 0.25) is 0 Å². The fourth-order valence-electron chi connectivity index (χ4n) is 3.96. The molecule has 1 saturated heterocycles. The summed E-state index contributed by atoms with van der Waals surface area (Å²) in [6.45, 7) is 8.55. The Morgan fingerprint density at radius 1 is 0.966 bits per heavy atom. The molecular weight excluding hydrogens is 386 g/mol. The van der Waals surface area contributed by atoms with E-state index < -0.39 is 10.8 Å². The second-order valence-electron chi connectivity index (χ2n) is 7.22. The molecule has 4 rings (SSSR count). The first kappa shape index (κ1) is 19.8. The molecule has 2 aliphatic heterocycles. The standard InChI is InChI=1S/C22H25N3O3S/c1-3-23-11-13-24(14-12-23)21(26)16-9-10-20-18(15-16)25(4-2)22(27)17-7-5-6-8-19(17)29(20)28/h5-10,15H,3-4,11-14H2,1-2H3. The van der Waals surface area contributed by atoms with Crippen molar-refractivity contribution in [1.82, 2.24) is 9.80 Å². The molecule has 0 radical (unpaired) electrons. The maximum absolute atomic E-state index is 13.2. The summed E-state index contributed by atoms with van der Waals surface area (Å²) in [4.78, 5) is 33.1. The van der Waals surface area contributed by atoms with Crippen molar-refractivity contribution in [1.29, 1.82) is 0 Å². The molecule has 29 heavy (non-hydrogen) atoms. The van der Waals surface area contributed by atoms with Gasteiger partial charge < -0.3 is 14.7 Å². The van der Waals surface area contributed by atoms with E-state index in [1.165, 1.54) is 0 Å². The molecule has 0 N–H and O–H groups in total. The molecular formula is C22H25N3O3S. The number of fused-ring (bicyclic) bond motifs is 2. The zero-order chi connectivity index (χ0) is 20.5. The summed E-state index contributed by atoms with van der Waals surface area (Å²) in [5.41, 5.74) is 1.54. The van der Waals surface area contributed by atoms with Gasteiger partial charge in [0.2, 0.25) is 0 Å². The topological polar surface area (TPSA) is 60.9 Å². The van der Waals surface area contributed by atoms with Crippen LogP contribution in [-0.4, -0.2) is 65.1 Å². The van der Waals surface area contributed by atoms with E-state index in [0.717, 1.165) is 19.6 Å². The third kappa shape index (κ3) is 3.49. The minimum Gasteiger partial charge on any atom is -0.336 e. The van der Waals surface area contributed by atoms with Crippen molar-refractivity contribution < 1.29 is 13.8 Å². The summed E-state index contributed by atoms with van der Waals surface area (Å²) in [5.74, 6) is -0.226. The second kappa shape index (κ2) is 8.08. The first-order valence-corrected chi connectivity index (χ1v) is 11.2. The Hall–Kier alpha value is -2.51. The molecule has 6 nitrogen and oxygen atoms in total. The van der Waals surface area contributed by atoms with Crippen LogP contribution in [0.3, 0.4) is 0 Å².